The highest BCUT2D eigenvalue weighted by Crippen LogP contribution is 2.38. The van der Waals surface area contributed by atoms with E-state index in [0.717, 1.165) is 3.57 Å². The molecular weight excluding hydrogens is 545 g/mol. The average Bonchev–Trinajstić information content (AvgIpc) is 3.09. The summed E-state index contributed by atoms with van der Waals surface area (Å²) in [6.45, 7) is 11.1. The summed E-state index contributed by atoms with van der Waals surface area (Å²) in [5.74, 6) is 0.354. The fraction of sp³-hybridized carbons (Fsp3) is 0.737. The summed E-state index contributed by atoms with van der Waals surface area (Å²) in [7, 11) is 1.67. The lowest BCUT2D eigenvalue weighted by Gasteiger charge is -2.37. The van der Waals surface area contributed by atoms with Crippen molar-refractivity contribution in [1.82, 2.24) is 14.5 Å². The minimum absolute atomic E-state index is 0.0480. The Labute approximate surface area is 203 Å². The largest absolute Gasteiger partial charge is 0.414 e. The minimum Gasteiger partial charge on any atom is -0.414 e. The van der Waals surface area contributed by atoms with Gasteiger partial charge in [-0.25, -0.2) is 9.79 Å². The van der Waals surface area contributed by atoms with Gasteiger partial charge in [0.1, 0.15) is 19.1 Å². The molecular formula is C19H32IN7O4Si. The lowest BCUT2D eigenvalue weighted by atomic mass is 10.2. The predicted octanol–water partition coefficient (Wildman–Crippen LogP) is 4.03. The molecule has 3 atom stereocenters. The van der Waals surface area contributed by atoms with Crippen LogP contribution in [-0.4, -0.2) is 68.7 Å². The van der Waals surface area contributed by atoms with Crippen LogP contribution < -0.4 is 5.69 Å². The van der Waals surface area contributed by atoms with Crippen molar-refractivity contribution in [2.24, 2.45) is 10.1 Å². The van der Waals surface area contributed by atoms with Gasteiger partial charge in [0, 0.05) is 31.6 Å². The van der Waals surface area contributed by atoms with Gasteiger partial charge in [-0.3, -0.25) is 4.57 Å². The van der Waals surface area contributed by atoms with Crippen LogP contribution in [-0.2, 0) is 13.9 Å². The van der Waals surface area contributed by atoms with Crippen molar-refractivity contribution >= 4 is 43.1 Å². The van der Waals surface area contributed by atoms with E-state index in [1.807, 2.05) is 14.1 Å². The summed E-state index contributed by atoms with van der Waals surface area (Å²) < 4.78 is 20.4. The molecule has 0 aromatic carbocycles. The standard InChI is InChI=1S/C19H32IN7O4Si/c1-19(2,3)32(6,7)30-10-15-14(29-12-23-25-21)8-16(31-15)27-9-13(20)17(24-18(27)28)22-11-26(4)5/h9,11,14-16H,8,10,12H2,1-7H3/t14?,15-,16-/m1/s1. The van der Waals surface area contributed by atoms with Crippen molar-refractivity contribution in [1.29, 1.82) is 0 Å². The van der Waals surface area contributed by atoms with Crippen LogP contribution in [0.1, 0.15) is 33.4 Å². The van der Waals surface area contributed by atoms with E-state index in [0.29, 0.717) is 18.8 Å². The summed E-state index contributed by atoms with van der Waals surface area (Å²) >= 11 is 2.09. The molecule has 0 saturated carbocycles. The van der Waals surface area contributed by atoms with E-state index < -0.39 is 26.3 Å². The second-order valence-corrected chi connectivity index (χ2v) is 15.3. The van der Waals surface area contributed by atoms with Gasteiger partial charge in [0.15, 0.2) is 14.1 Å². The van der Waals surface area contributed by atoms with Crippen LogP contribution in [0, 0.1) is 3.57 Å². The highest BCUT2D eigenvalue weighted by atomic mass is 127. The fourth-order valence-corrected chi connectivity index (χ4v) is 4.34. The Morgan fingerprint density at radius 3 is 2.75 bits per heavy atom. The highest BCUT2D eigenvalue weighted by Gasteiger charge is 2.42. The van der Waals surface area contributed by atoms with E-state index in [1.54, 1.807) is 17.4 Å². The molecule has 1 saturated heterocycles. The first-order valence-electron chi connectivity index (χ1n) is 10.3. The van der Waals surface area contributed by atoms with Crippen molar-refractivity contribution in [2.75, 3.05) is 27.4 Å². The van der Waals surface area contributed by atoms with Gasteiger partial charge in [0.05, 0.1) is 22.6 Å². The second-order valence-electron chi connectivity index (χ2n) is 9.31. The number of ether oxygens (including phenoxy) is 2. The Kier molecular flexibility index (Phi) is 9.25. The third-order valence-electron chi connectivity index (χ3n) is 5.61. The Morgan fingerprint density at radius 2 is 2.16 bits per heavy atom. The van der Waals surface area contributed by atoms with Gasteiger partial charge < -0.3 is 18.8 Å². The van der Waals surface area contributed by atoms with Crippen LogP contribution in [0.3, 0.4) is 0 Å². The monoisotopic (exact) mass is 577 g/mol. The van der Waals surface area contributed by atoms with E-state index in [1.165, 1.54) is 4.57 Å². The summed E-state index contributed by atoms with van der Waals surface area (Å²) in [5, 5.41) is 3.51. The Balaban J connectivity index is 2.23. The Bertz CT molecular complexity index is 925. The molecule has 0 aliphatic carbocycles. The predicted molar refractivity (Wildman–Crippen MR) is 134 cm³/mol. The van der Waals surface area contributed by atoms with E-state index in [2.05, 4.69) is 76.5 Å². The summed E-state index contributed by atoms with van der Waals surface area (Å²) in [4.78, 5) is 25.5. The van der Waals surface area contributed by atoms with Crippen LogP contribution in [0.5, 0.6) is 0 Å². The lowest BCUT2D eigenvalue weighted by Crippen LogP contribution is -2.44. The van der Waals surface area contributed by atoms with Crippen LogP contribution in [0.2, 0.25) is 18.1 Å². The lowest BCUT2D eigenvalue weighted by molar-refractivity contribution is -0.0588. The molecule has 0 N–H and O–H groups in total. The molecule has 0 bridgehead atoms. The molecule has 1 aromatic heterocycles. The normalized spacial score (nSPS) is 21.7. The molecule has 1 aliphatic heterocycles. The van der Waals surface area contributed by atoms with Gasteiger partial charge >= 0.3 is 5.69 Å². The maximum atomic E-state index is 12.7. The van der Waals surface area contributed by atoms with Gasteiger partial charge in [-0.05, 0) is 46.3 Å². The van der Waals surface area contributed by atoms with E-state index in [-0.39, 0.29) is 17.9 Å². The van der Waals surface area contributed by atoms with Crippen molar-refractivity contribution in [3.05, 3.63) is 30.7 Å². The van der Waals surface area contributed by atoms with Gasteiger partial charge in [-0.2, -0.15) is 4.98 Å². The SMILES string of the molecule is CN(C)C=Nc1nc(=O)n([C@H]2CC(OCN=[N+]=[N-])[C@@H](CO[Si](C)(C)C(C)(C)C)O2)cc1I. The first-order valence-corrected chi connectivity index (χ1v) is 14.3. The third kappa shape index (κ3) is 6.99. The zero-order valence-corrected chi connectivity index (χ0v) is 22.8. The van der Waals surface area contributed by atoms with Crippen LogP contribution in [0.4, 0.5) is 5.82 Å². The molecule has 32 heavy (non-hydrogen) atoms. The molecule has 0 radical (unpaired) electrons. The zero-order valence-electron chi connectivity index (χ0n) is 19.6. The molecule has 2 rings (SSSR count). The van der Waals surface area contributed by atoms with E-state index in [4.69, 9.17) is 19.4 Å². The molecule has 2 heterocycles. The molecule has 1 fully saturated rings. The number of hydrogen-bond donors (Lipinski definition) is 0. The van der Waals surface area contributed by atoms with Crippen LogP contribution in [0.15, 0.2) is 21.1 Å². The molecule has 0 spiro atoms. The minimum atomic E-state index is -2.01. The molecule has 1 aliphatic rings. The van der Waals surface area contributed by atoms with E-state index in [9.17, 15) is 4.79 Å². The first kappa shape index (κ1) is 26.7. The number of hydrogen-bond acceptors (Lipinski definition) is 7. The number of aliphatic imine (C=N–C) groups is 1. The Morgan fingerprint density at radius 1 is 1.47 bits per heavy atom. The smallest absolute Gasteiger partial charge is 0.351 e. The summed E-state index contributed by atoms with van der Waals surface area (Å²) in [5.41, 5.74) is 8.11. The third-order valence-corrected chi connectivity index (χ3v) is 10.9. The molecule has 0 amide bonds. The van der Waals surface area contributed by atoms with Crippen molar-refractivity contribution < 1.29 is 13.9 Å². The van der Waals surface area contributed by atoms with Gasteiger partial charge in [-0.1, -0.05) is 25.9 Å². The number of nitrogens with zero attached hydrogens (tertiary/aromatic N) is 7. The second kappa shape index (κ2) is 11.1. The molecule has 178 valence electrons. The highest BCUT2D eigenvalue weighted by molar-refractivity contribution is 14.1. The topological polar surface area (TPSA) is 127 Å². The molecule has 1 aromatic rings. The number of rotatable bonds is 9. The maximum Gasteiger partial charge on any atom is 0.351 e. The van der Waals surface area contributed by atoms with Gasteiger partial charge in [-0.15, -0.1) is 0 Å². The van der Waals surface area contributed by atoms with Gasteiger partial charge in [0.2, 0.25) is 0 Å². The van der Waals surface area contributed by atoms with Gasteiger partial charge in [0.25, 0.3) is 0 Å². The average molecular weight is 578 g/mol. The maximum absolute atomic E-state index is 12.7. The van der Waals surface area contributed by atoms with Crippen molar-refractivity contribution in [3.63, 3.8) is 0 Å². The van der Waals surface area contributed by atoms with Crippen LogP contribution in [0.25, 0.3) is 10.4 Å². The van der Waals surface area contributed by atoms with Crippen molar-refractivity contribution in [2.45, 2.75) is 63.8 Å². The number of aromatic nitrogens is 2. The number of halogens is 1. The fourth-order valence-electron chi connectivity index (χ4n) is 2.76. The zero-order chi connectivity index (χ0) is 24.1. The van der Waals surface area contributed by atoms with E-state index >= 15 is 0 Å². The van der Waals surface area contributed by atoms with Crippen molar-refractivity contribution in [3.8, 4) is 0 Å². The molecule has 1 unspecified atom stereocenters. The summed E-state index contributed by atoms with van der Waals surface area (Å²) in [6, 6.07) is 0. The molecule has 11 nitrogen and oxygen atoms in total. The Hall–Kier alpha value is -1.51. The summed E-state index contributed by atoms with van der Waals surface area (Å²) in [6.07, 6.45) is 2.33. The van der Waals surface area contributed by atoms with Crippen LogP contribution >= 0.6 is 22.6 Å². The quantitative estimate of drug-likeness (QED) is 0.0830. The first-order chi connectivity index (χ1) is 14.9. The molecule has 13 heteroatoms. The number of azide groups is 1.